The fourth-order valence-electron chi connectivity index (χ4n) is 3.29. The van der Waals surface area contributed by atoms with Gasteiger partial charge < -0.3 is 15.0 Å². The van der Waals surface area contributed by atoms with Crippen molar-refractivity contribution in [2.45, 2.75) is 38.5 Å². The van der Waals surface area contributed by atoms with Crippen molar-refractivity contribution in [1.82, 2.24) is 20.1 Å². The van der Waals surface area contributed by atoms with Gasteiger partial charge in [-0.2, -0.15) is 0 Å². The normalized spacial score (nSPS) is 27.0. The Morgan fingerprint density at radius 2 is 2.13 bits per heavy atom. The van der Waals surface area contributed by atoms with Gasteiger partial charge in [-0.15, -0.1) is 0 Å². The highest BCUT2D eigenvalue weighted by Crippen LogP contribution is 2.20. The Morgan fingerprint density at radius 3 is 2.74 bits per heavy atom. The predicted octanol–water partition coefficient (Wildman–Crippen LogP) is 1.65. The molecule has 1 aromatic heterocycles. The minimum atomic E-state index is 0.0393. The molecule has 2 aliphatic rings. The van der Waals surface area contributed by atoms with Gasteiger partial charge in [-0.05, 0) is 32.4 Å². The van der Waals surface area contributed by atoms with Crippen LogP contribution in [-0.4, -0.2) is 65.7 Å². The topological polar surface area (TPSA) is 57.7 Å². The van der Waals surface area contributed by atoms with Crippen LogP contribution in [0.25, 0.3) is 0 Å². The maximum absolute atomic E-state index is 12.4. The smallest absolute Gasteiger partial charge is 0.317 e. The van der Waals surface area contributed by atoms with Crippen molar-refractivity contribution in [2.24, 2.45) is 0 Å². The van der Waals surface area contributed by atoms with Gasteiger partial charge in [0.05, 0.1) is 17.8 Å². The SMILES string of the molecule is C[C@@H]1OCC[C@@H]1NC(=O)N1CCN([C@H](C)c2ccccn2)CC1. The van der Waals surface area contributed by atoms with Crippen LogP contribution in [0.4, 0.5) is 4.79 Å². The Kier molecular flexibility index (Phi) is 5.13. The van der Waals surface area contributed by atoms with Crippen molar-refractivity contribution in [1.29, 1.82) is 0 Å². The number of pyridine rings is 1. The molecule has 2 saturated heterocycles. The molecule has 0 radical (unpaired) electrons. The van der Waals surface area contributed by atoms with Crippen molar-refractivity contribution >= 4 is 6.03 Å². The molecular formula is C17H26N4O2. The first-order chi connectivity index (χ1) is 11.1. The third-order valence-electron chi connectivity index (χ3n) is 4.95. The molecule has 3 rings (SSSR count). The van der Waals surface area contributed by atoms with Crippen molar-refractivity contribution in [3.63, 3.8) is 0 Å². The average Bonchev–Trinajstić information content (AvgIpc) is 3.00. The maximum Gasteiger partial charge on any atom is 0.317 e. The minimum absolute atomic E-state index is 0.0393. The summed E-state index contributed by atoms with van der Waals surface area (Å²) in [5.74, 6) is 0. The quantitative estimate of drug-likeness (QED) is 0.921. The predicted molar refractivity (Wildman–Crippen MR) is 88.1 cm³/mol. The molecule has 3 atom stereocenters. The average molecular weight is 318 g/mol. The summed E-state index contributed by atoms with van der Waals surface area (Å²) in [6.07, 6.45) is 2.86. The Bertz CT molecular complexity index is 517. The van der Waals surface area contributed by atoms with Crippen LogP contribution in [0.15, 0.2) is 24.4 Å². The lowest BCUT2D eigenvalue weighted by molar-refractivity contribution is 0.0997. The van der Waals surface area contributed by atoms with Crippen LogP contribution < -0.4 is 5.32 Å². The van der Waals surface area contributed by atoms with Crippen molar-refractivity contribution < 1.29 is 9.53 Å². The van der Waals surface area contributed by atoms with Crippen LogP contribution >= 0.6 is 0 Å². The molecule has 3 heterocycles. The van der Waals surface area contributed by atoms with Gasteiger partial charge in [0, 0.05) is 45.0 Å². The van der Waals surface area contributed by atoms with E-state index in [1.807, 2.05) is 30.2 Å². The molecule has 0 saturated carbocycles. The highest BCUT2D eigenvalue weighted by atomic mass is 16.5. The highest BCUT2D eigenvalue weighted by Gasteiger charge is 2.29. The Labute approximate surface area is 137 Å². The van der Waals surface area contributed by atoms with Crippen LogP contribution in [-0.2, 0) is 4.74 Å². The molecule has 0 aliphatic carbocycles. The highest BCUT2D eigenvalue weighted by molar-refractivity contribution is 5.74. The fourth-order valence-corrected chi connectivity index (χ4v) is 3.29. The number of amides is 2. The molecule has 6 heteroatoms. The Morgan fingerprint density at radius 1 is 1.35 bits per heavy atom. The molecule has 1 aromatic rings. The number of carbonyl (C=O) groups excluding carboxylic acids is 1. The number of rotatable bonds is 3. The van der Waals surface area contributed by atoms with Gasteiger partial charge in [-0.1, -0.05) is 6.07 Å². The summed E-state index contributed by atoms with van der Waals surface area (Å²) in [7, 11) is 0. The second-order valence-corrected chi connectivity index (χ2v) is 6.37. The van der Waals surface area contributed by atoms with E-state index in [1.165, 1.54) is 0 Å². The summed E-state index contributed by atoms with van der Waals surface area (Å²) in [5.41, 5.74) is 1.09. The van der Waals surface area contributed by atoms with E-state index in [0.717, 1.165) is 44.9 Å². The fraction of sp³-hybridized carbons (Fsp3) is 0.647. The number of nitrogens with zero attached hydrogens (tertiary/aromatic N) is 3. The summed E-state index contributed by atoms with van der Waals surface area (Å²) in [5, 5.41) is 3.11. The van der Waals surface area contributed by atoms with Crippen LogP contribution in [0.3, 0.4) is 0 Å². The maximum atomic E-state index is 12.4. The third-order valence-corrected chi connectivity index (χ3v) is 4.95. The standard InChI is InChI=1S/C17H26N4O2/c1-13(15-5-3-4-7-18-15)20-8-10-21(11-9-20)17(22)19-16-6-12-23-14(16)2/h3-5,7,13-14,16H,6,8-12H2,1-2H3,(H,19,22)/t13-,14+,16+/m1/s1. The molecule has 6 nitrogen and oxygen atoms in total. The molecule has 2 amide bonds. The van der Waals surface area contributed by atoms with E-state index < -0.39 is 0 Å². The number of carbonyl (C=O) groups is 1. The lowest BCUT2D eigenvalue weighted by Gasteiger charge is -2.38. The van der Waals surface area contributed by atoms with Gasteiger partial charge in [-0.25, -0.2) is 4.79 Å². The summed E-state index contributed by atoms with van der Waals surface area (Å²) < 4.78 is 5.50. The lowest BCUT2D eigenvalue weighted by atomic mass is 10.1. The first kappa shape index (κ1) is 16.2. The molecule has 0 aromatic carbocycles. The zero-order valence-corrected chi connectivity index (χ0v) is 13.9. The van der Waals surface area contributed by atoms with E-state index in [4.69, 9.17) is 4.74 Å². The molecule has 2 fully saturated rings. The second-order valence-electron chi connectivity index (χ2n) is 6.37. The molecule has 0 unspecified atom stereocenters. The number of hydrogen-bond acceptors (Lipinski definition) is 4. The molecule has 1 N–H and O–H groups in total. The first-order valence-corrected chi connectivity index (χ1v) is 8.47. The number of nitrogens with one attached hydrogen (secondary N) is 1. The van der Waals surface area contributed by atoms with Crippen molar-refractivity contribution in [2.75, 3.05) is 32.8 Å². The number of hydrogen-bond donors (Lipinski definition) is 1. The Balaban J connectivity index is 1.49. The van der Waals surface area contributed by atoms with E-state index in [2.05, 4.69) is 28.2 Å². The van der Waals surface area contributed by atoms with E-state index in [0.29, 0.717) is 0 Å². The molecule has 2 aliphatic heterocycles. The lowest BCUT2D eigenvalue weighted by Crippen LogP contribution is -2.54. The number of urea groups is 1. The van der Waals surface area contributed by atoms with E-state index in [1.54, 1.807) is 0 Å². The van der Waals surface area contributed by atoms with Gasteiger partial charge in [0.1, 0.15) is 0 Å². The van der Waals surface area contributed by atoms with Gasteiger partial charge >= 0.3 is 6.03 Å². The van der Waals surface area contributed by atoms with Gasteiger partial charge in [0.15, 0.2) is 0 Å². The number of ether oxygens (including phenoxy) is 1. The second kappa shape index (κ2) is 7.27. The molecular weight excluding hydrogens is 292 g/mol. The molecule has 0 bridgehead atoms. The summed E-state index contributed by atoms with van der Waals surface area (Å²) in [4.78, 5) is 21.1. The van der Waals surface area contributed by atoms with E-state index in [-0.39, 0.29) is 24.2 Å². The zero-order chi connectivity index (χ0) is 16.2. The third kappa shape index (κ3) is 3.82. The van der Waals surface area contributed by atoms with Crippen molar-refractivity contribution in [3.05, 3.63) is 30.1 Å². The summed E-state index contributed by atoms with van der Waals surface area (Å²) in [6.45, 7) is 8.20. The number of aromatic nitrogens is 1. The molecule has 23 heavy (non-hydrogen) atoms. The van der Waals surface area contributed by atoms with E-state index >= 15 is 0 Å². The van der Waals surface area contributed by atoms with Gasteiger partial charge in [0.25, 0.3) is 0 Å². The first-order valence-electron chi connectivity index (χ1n) is 8.47. The van der Waals surface area contributed by atoms with Crippen LogP contribution in [0.5, 0.6) is 0 Å². The van der Waals surface area contributed by atoms with E-state index in [9.17, 15) is 4.79 Å². The Hall–Kier alpha value is -1.66. The molecule has 0 spiro atoms. The largest absolute Gasteiger partial charge is 0.376 e. The van der Waals surface area contributed by atoms with Crippen LogP contribution in [0, 0.1) is 0 Å². The number of piperazine rings is 1. The molecule has 126 valence electrons. The monoisotopic (exact) mass is 318 g/mol. The van der Waals surface area contributed by atoms with Crippen LogP contribution in [0.1, 0.15) is 32.0 Å². The zero-order valence-electron chi connectivity index (χ0n) is 13.9. The van der Waals surface area contributed by atoms with Gasteiger partial charge in [-0.3, -0.25) is 9.88 Å². The van der Waals surface area contributed by atoms with Gasteiger partial charge in [0.2, 0.25) is 0 Å². The van der Waals surface area contributed by atoms with Crippen LogP contribution in [0.2, 0.25) is 0 Å². The van der Waals surface area contributed by atoms with Crippen molar-refractivity contribution in [3.8, 4) is 0 Å². The summed E-state index contributed by atoms with van der Waals surface area (Å²) >= 11 is 0. The summed E-state index contributed by atoms with van der Waals surface area (Å²) in [6, 6.07) is 6.49. The minimum Gasteiger partial charge on any atom is -0.376 e.